The van der Waals surface area contributed by atoms with E-state index in [0.29, 0.717) is 23.4 Å². The molecule has 132 valence electrons. The molecule has 0 saturated heterocycles. The lowest BCUT2D eigenvalue weighted by Crippen LogP contribution is -2.22. The molecule has 0 aliphatic carbocycles. The first-order chi connectivity index (χ1) is 11.8. The van der Waals surface area contributed by atoms with Gasteiger partial charge in [-0.2, -0.15) is 0 Å². The summed E-state index contributed by atoms with van der Waals surface area (Å²) in [4.78, 5) is 4.50. The highest BCUT2D eigenvalue weighted by Gasteiger charge is 2.20. The fraction of sp³-hybridized carbons (Fsp3) is 0.235. The molecule has 0 fully saturated rings. The van der Waals surface area contributed by atoms with Gasteiger partial charge in [-0.1, -0.05) is 0 Å². The molecule has 0 aliphatic heterocycles. The Kier molecular flexibility index (Phi) is 4.34. The van der Waals surface area contributed by atoms with Crippen molar-refractivity contribution in [3.05, 3.63) is 48.0 Å². The van der Waals surface area contributed by atoms with Crippen LogP contribution in [-0.2, 0) is 16.6 Å². The Bertz CT molecular complexity index is 1060. The molecule has 0 atom stereocenters. The quantitative estimate of drug-likeness (QED) is 0.713. The van der Waals surface area contributed by atoms with Gasteiger partial charge in [0, 0.05) is 26.7 Å². The van der Waals surface area contributed by atoms with Gasteiger partial charge in [-0.25, -0.2) is 26.5 Å². The highest BCUT2D eigenvalue weighted by molar-refractivity contribution is 7.89. The Balaban J connectivity index is 2.25. The lowest BCUT2D eigenvalue weighted by atomic mass is 10.2. The van der Waals surface area contributed by atoms with Crippen LogP contribution < -0.4 is 0 Å². The highest BCUT2D eigenvalue weighted by atomic mass is 32.2. The molecule has 0 saturated carbocycles. The average molecular weight is 365 g/mol. The van der Waals surface area contributed by atoms with Crippen molar-refractivity contribution in [1.82, 2.24) is 13.9 Å². The van der Waals surface area contributed by atoms with Crippen LogP contribution in [0, 0.1) is 11.6 Å². The second-order valence-electron chi connectivity index (χ2n) is 5.74. The number of fused-ring (bicyclic) bond motifs is 1. The molecule has 0 N–H and O–H groups in total. The Morgan fingerprint density at radius 2 is 1.84 bits per heavy atom. The maximum atomic E-state index is 14.2. The van der Waals surface area contributed by atoms with Crippen LogP contribution in [0.25, 0.3) is 22.4 Å². The molecule has 0 bridgehead atoms. The summed E-state index contributed by atoms with van der Waals surface area (Å²) < 4.78 is 54.8. The van der Waals surface area contributed by atoms with Gasteiger partial charge in [-0.3, -0.25) is 0 Å². The number of rotatable bonds is 4. The van der Waals surface area contributed by atoms with Crippen molar-refractivity contribution in [1.29, 1.82) is 0 Å². The van der Waals surface area contributed by atoms with Gasteiger partial charge >= 0.3 is 0 Å². The zero-order valence-electron chi connectivity index (χ0n) is 14.0. The number of aromatic nitrogens is 2. The molecule has 2 aromatic carbocycles. The maximum absolute atomic E-state index is 14.2. The summed E-state index contributed by atoms with van der Waals surface area (Å²) in [5, 5.41) is 0. The fourth-order valence-electron chi connectivity index (χ4n) is 2.68. The summed E-state index contributed by atoms with van der Waals surface area (Å²) in [6.45, 7) is 2.37. The number of benzene rings is 2. The first kappa shape index (κ1) is 17.5. The first-order valence-electron chi connectivity index (χ1n) is 7.64. The standard InChI is InChI=1S/C17H17F2N3O2S/c1-4-22-16-8-6-12(25(23,24)21(2)3)10-15(16)20-17(22)13-7-5-11(18)9-14(13)19/h5-10H,4H2,1-3H3. The van der Waals surface area contributed by atoms with E-state index in [2.05, 4.69) is 4.98 Å². The molecule has 0 aliphatic rings. The summed E-state index contributed by atoms with van der Waals surface area (Å²) in [7, 11) is -0.701. The third-order valence-corrected chi connectivity index (χ3v) is 5.80. The van der Waals surface area contributed by atoms with Gasteiger partial charge in [0.25, 0.3) is 0 Å². The van der Waals surface area contributed by atoms with E-state index < -0.39 is 21.7 Å². The number of hydrogen-bond acceptors (Lipinski definition) is 3. The second-order valence-corrected chi connectivity index (χ2v) is 7.89. The van der Waals surface area contributed by atoms with Crippen molar-refractivity contribution in [3.8, 4) is 11.4 Å². The zero-order valence-corrected chi connectivity index (χ0v) is 14.8. The number of imidazole rings is 1. The Hall–Kier alpha value is -2.32. The van der Waals surface area contributed by atoms with E-state index in [1.54, 1.807) is 10.6 Å². The van der Waals surface area contributed by atoms with Crippen molar-refractivity contribution in [2.45, 2.75) is 18.4 Å². The molecule has 1 aromatic heterocycles. The minimum absolute atomic E-state index is 0.108. The largest absolute Gasteiger partial charge is 0.324 e. The molecule has 0 amide bonds. The van der Waals surface area contributed by atoms with Gasteiger partial charge < -0.3 is 4.57 Å². The number of sulfonamides is 1. The van der Waals surface area contributed by atoms with Crippen LogP contribution >= 0.6 is 0 Å². The van der Waals surface area contributed by atoms with E-state index in [4.69, 9.17) is 0 Å². The van der Waals surface area contributed by atoms with E-state index >= 15 is 0 Å². The minimum atomic E-state index is -3.60. The number of nitrogens with zero attached hydrogens (tertiary/aromatic N) is 3. The second kappa shape index (κ2) is 6.20. The molecular weight excluding hydrogens is 348 g/mol. The zero-order chi connectivity index (χ0) is 18.4. The predicted molar refractivity (Wildman–Crippen MR) is 91.6 cm³/mol. The van der Waals surface area contributed by atoms with E-state index in [-0.39, 0.29) is 10.5 Å². The minimum Gasteiger partial charge on any atom is -0.324 e. The van der Waals surface area contributed by atoms with Crippen molar-refractivity contribution >= 4 is 21.1 Å². The molecule has 0 spiro atoms. The van der Waals surface area contributed by atoms with Crippen molar-refractivity contribution in [2.75, 3.05) is 14.1 Å². The Morgan fingerprint density at radius 1 is 1.12 bits per heavy atom. The number of aryl methyl sites for hydroxylation is 1. The molecule has 1 heterocycles. The summed E-state index contributed by atoms with van der Waals surface area (Å²) in [5.74, 6) is -1.06. The number of hydrogen-bond donors (Lipinski definition) is 0. The molecule has 25 heavy (non-hydrogen) atoms. The fourth-order valence-corrected chi connectivity index (χ4v) is 3.60. The van der Waals surface area contributed by atoms with Gasteiger partial charge in [-0.15, -0.1) is 0 Å². The maximum Gasteiger partial charge on any atom is 0.242 e. The third-order valence-electron chi connectivity index (χ3n) is 3.99. The van der Waals surface area contributed by atoms with Gasteiger partial charge in [-0.05, 0) is 37.3 Å². The molecule has 0 radical (unpaired) electrons. The summed E-state index contributed by atoms with van der Waals surface area (Å²) in [5.41, 5.74) is 1.28. The van der Waals surface area contributed by atoms with E-state index in [0.717, 1.165) is 10.4 Å². The van der Waals surface area contributed by atoms with E-state index in [9.17, 15) is 17.2 Å². The van der Waals surface area contributed by atoms with Crippen LogP contribution in [0.1, 0.15) is 6.92 Å². The average Bonchev–Trinajstić information content (AvgIpc) is 2.91. The van der Waals surface area contributed by atoms with Crippen LogP contribution in [0.3, 0.4) is 0 Å². The summed E-state index contributed by atoms with van der Waals surface area (Å²) in [6, 6.07) is 7.90. The van der Waals surface area contributed by atoms with Crippen LogP contribution in [-0.4, -0.2) is 36.4 Å². The molecule has 0 unspecified atom stereocenters. The van der Waals surface area contributed by atoms with Gasteiger partial charge in [0.1, 0.15) is 17.5 Å². The van der Waals surface area contributed by atoms with E-state index in [1.165, 1.54) is 38.4 Å². The monoisotopic (exact) mass is 365 g/mol. The topological polar surface area (TPSA) is 55.2 Å². The summed E-state index contributed by atoms with van der Waals surface area (Å²) >= 11 is 0. The molecule has 3 aromatic rings. The molecule has 5 nitrogen and oxygen atoms in total. The van der Waals surface area contributed by atoms with Crippen molar-refractivity contribution in [3.63, 3.8) is 0 Å². The smallest absolute Gasteiger partial charge is 0.242 e. The highest BCUT2D eigenvalue weighted by Crippen LogP contribution is 2.29. The lowest BCUT2D eigenvalue weighted by Gasteiger charge is -2.11. The first-order valence-corrected chi connectivity index (χ1v) is 9.08. The van der Waals surface area contributed by atoms with Crippen LogP contribution in [0.4, 0.5) is 8.78 Å². The Labute approximate surface area is 144 Å². The number of halogens is 2. The molecule has 8 heteroatoms. The normalized spacial score (nSPS) is 12.2. The molecule has 3 rings (SSSR count). The summed E-state index contributed by atoms with van der Waals surface area (Å²) in [6.07, 6.45) is 0. The van der Waals surface area contributed by atoms with Crippen molar-refractivity contribution < 1.29 is 17.2 Å². The Morgan fingerprint density at radius 3 is 2.44 bits per heavy atom. The van der Waals surface area contributed by atoms with Crippen LogP contribution in [0.5, 0.6) is 0 Å². The predicted octanol–water partition coefficient (Wildman–Crippen LogP) is 3.25. The SMILES string of the molecule is CCn1c(-c2ccc(F)cc2F)nc2cc(S(=O)(=O)N(C)C)ccc21. The van der Waals surface area contributed by atoms with Gasteiger partial charge in [0.15, 0.2) is 0 Å². The van der Waals surface area contributed by atoms with Crippen LogP contribution in [0.15, 0.2) is 41.3 Å². The van der Waals surface area contributed by atoms with Gasteiger partial charge in [0.05, 0.1) is 21.5 Å². The van der Waals surface area contributed by atoms with Gasteiger partial charge in [0.2, 0.25) is 10.0 Å². The van der Waals surface area contributed by atoms with Crippen LogP contribution in [0.2, 0.25) is 0 Å². The molecular formula is C17H17F2N3O2S. The third kappa shape index (κ3) is 2.91. The van der Waals surface area contributed by atoms with E-state index in [1.807, 2.05) is 6.92 Å². The van der Waals surface area contributed by atoms with Crippen molar-refractivity contribution in [2.24, 2.45) is 0 Å². The lowest BCUT2D eigenvalue weighted by molar-refractivity contribution is 0.521.